The fourth-order valence-electron chi connectivity index (χ4n) is 3.41. The van der Waals surface area contributed by atoms with E-state index >= 15 is 0 Å². The molecule has 3 N–H and O–H groups in total. The Labute approximate surface area is 154 Å². The summed E-state index contributed by atoms with van der Waals surface area (Å²) in [6.07, 6.45) is 2.75. The summed E-state index contributed by atoms with van der Waals surface area (Å²) in [5.74, 6) is -0.386. The minimum Gasteiger partial charge on any atom is -0.368 e. The van der Waals surface area contributed by atoms with E-state index in [1.807, 2.05) is 48.5 Å². The summed E-state index contributed by atoms with van der Waals surface area (Å²) in [4.78, 5) is 26.1. The predicted molar refractivity (Wildman–Crippen MR) is 103 cm³/mol. The Kier molecular flexibility index (Phi) is 5.68. The summed E-state index contributed by atoms with van der Waals surface area (Å²) >= 11 is 0. The van der Waals surface area contributed by atoms with Crippen LogP contribution in [-0.2, 0) is 17.8 Å². The van der Waals surface area contributed by atoms with Crippen LogP contribution in [0.25, 0.3) is 0 Å². The SMILES string of the molecule is CCc1ccc(C(=O)Nc2cccc(CN3CCC[C@H]3C(N)=O)c2)cc1. The second-order valence-corrected chi connectivity index (χ2v) is 6.74. The second-order valence-electron chi connectivity index (χ2n) is 6.74. The minimum atomic E-state index is -0.262. The van der Waals surface area contributed by atoms with Crippen molar-refractivity contribution in [1.29, 1.82) is 0 Å². The first-order valence-electron chi connectivity index (χ1n) is 9.09. The lowest BCUT2D eigenvalue weighted by atomic mass is 10.1. The highest BCUT2D eigenvalue weighted by molar-refractivity contribution is 6.04. The molecule has 0 aliphatic carbocycles. The third kappa shape index (κ3) is 4.29. The molecule has 2 aromatic carbocycles. The molecule has 3 rings (SSSR count). The van der Waals surface area contributed by atoms with Crippen molar-refractivity contribution >= 4 is 17.5 Å². The number of rotatable bonds is 6. The highest BCUT2D eigenvalue weighted by Gasteiger charge is 2.28. The van der Waals surface area contributed by atoms with Gasteiger partial charge in [-0.3, -0.25) is 14.5 Å². The lowest BCUT2D eigenvalue weighted by Crippen LogP contribution is -2.39. The Hall–Kier alpha value is -2.66. The molecule has 0 unspecified atom stereocenters. The molecule has 2 amide bonds. The molecule has 0 radical (unpaired) electrons. The number of hydrogen-bond donors (Lipinski definition) is 2. The molecule has 1 saturated heterocycles. The summed E-state index contributed by atoms with van der Waals surface area (Å²) < 4.78 is 0. The van der Waals surface area contributed by atoms with Crippen LogP contribution in [0.2, 0.25) is 0 Å². The number of benzene rings is 2. The number of hydrogen-bond acceptors (Lipinski definition) is 3. The van der Waals surface area contributed by atoms with Crippen LogP contribution in [0.5, 0.6) is 0 Å². The van der Waals surface area contributed by atoms with Gasteiger partial charge in [0.1, 0.15) is 0 Å². The highest BCUT2D eigenvalue weighted by Crippen LogP contribution is 2.21. The zero-order valence-corrected chi connectivity index (χ0v) is 15.1. The number of anilines is 1. The van der Waals surface area contributed by atoms with Gasteiger partial charge in [-0.1, -0.05) is 31.2 Å². The molecule has 1 atom stereocenters. The van der Waals surface area contributed by atoms with Gasteiger partial charge in [0.2, 0.25) is 5.91 Å². The van der Waals surface area contributed by atoms with E-state index in [2.05, 4.69) is 17.1 Å². The first-order chi connectivity index (χ1) is 12.6. The second kappa shape index (κ2) is 8.15. The van der Waals surface area contributed by atoms with Crippen LogP contribution < -0.4 is 11.1 Å². The number of aryl methyl sites for hydroxylation is 1. The van der Waals surface area contributed by atoms with Crippen molar-refractivity contribution in [2.45, 2.75) is 38.8 Å². The Bertz CT molecular complexity index is 786. The molecule has 1 aliphatic rings. The van der Waals surface area contributed by atoms with Gasteiger partial charge >= 0.3 is 0 Å². The predicted octanol–water partition coefficient (Wildman–Crippen LogP) is 2.95. The van der Waals surface area contributed by atoms with Crippen molar-refractivity contribution in [3.63, 3.8) is 0 Å². The molecule has 2 aromatic rings. The van der Waals surface area contributed by atoms with Crippen LogP contribution in [0, 0.1) is 0 Å². The quantitative estimate of drug-likeness (QED) is 0.840. The first kappa shape index (κ1) is 18.1. The number of carbonyl (C=O) groups is 2. The standard InChI is InChI=1S/C21H25N3O2/c1-2-15-8-10-17(11-9-15)21(26)23-18-6-3-5-16(13-18)14-24-12-4-7-19(24)20(22)25/h3,5-6,8-11,13,19H,2,4,7,12,14H2,1H3,(H2,22,25)(H,23,26)/t19-/m0/s1. The third-order valence-electron chi connectivity index (χ3n) is 4.89. The van der Waals surface area contributed by atoms with Crippen molar-refractivity contribution in [1.82, 2.24) is 4.90 Å². The Balaban J connectivity index is 1.66. The minimum absolute atomic E-state index is 0.124. The number of likely N-dealkylation sites (tertiary alicyclic amines) is 1. The average molecular weight is 351 g/mol. The molecule has 1 aliphatic heterocycles. The number of amides is 2. The van der Waals surface area contributed by atoms with Crippen LogP contribution in [0.3, 0.4) is 0 Å². The monoisotopic (exact) mass is 351 g/mol. The van der Waals surface area contributed by atoms with E-state index in [1.54, 1.807) is 0 Å². The van der Waals surface area contributed by atoms with Crippen LogP contribution in [0.15, 0.2) is 48.5 Å². The highest BCUT2D eigenvalue weighted by atomic mass is 16.2. The molecule has 1 heterocycles. The summed E-state index contributed by atoms with van der Waals surface area (Å²) in [5.41, 5.74) is 9.14. The van der Waals surface area contributed by atoms with E-state index in [-0.39, 0.29) is 17.9 Å². The Morgan fingerprint density at radius 1 is 1.15 bits per heavy atom. The summed E-state index contributed by atoms with van der Waals surface area (Å²) in [6, 6.07) is 15.2. The largest absolute Gasteiger partial charge is 0.368 e. The molecule has 0 saturated carbocycles. The van der Waals surface area contributed by atoms with Crippen LogP contribution in [-0.4, -0.2) is 29.3 Å². The fourth-order valence-corrected chi connectivity index (χ4v) is 3.41. The summed E-state index contributed by atoms with van der Waals surface area (Å²) in [5, 5.41) is 2.95. The van der Waals surface area contributed by atoms with E-state index in [4.69, 9.17) is 5.73 Å². The molecular weight excluding hydrogens is 326 g/mol. The lowest BCUT2D eigenvalue weighted by molar-refractivity contribution is -0.122. The van der Waals surface area contributed by atoms with Crippen molar-refractivity contribution < 1.29 is 9.59 Å². The van der Waals surface area contributed by atoms with Gasteiger partial charge in [-0.25, -0.2) is 0 Å². The van der Waals surface area contributed by atoms with Gasteiger partial charge in [0.05, 0.1) is 6.04 Å². The molecule has 0 spiro atoms. The number of nitrogens with zero attached hydrogens (tertiary/aromatic N) is 1. The van der Waals surface area contributed by atoms with E-state index in [1.165, 1.54) is 5.56 Å². The number of primary amides is 1. The fraction of sp³-hybridized carbons (Fsp3) is 0.333. The first-order valence-corrected chi connectivity index (χ1v) is 9.09. The maximum atomic E-state index is 12.4. The van der Waals surface area contributed by atoms with Crippen LogP contribution in [0.1, 0.15) is 41.3 Å². The maximum Gasteiger partial charge on any atom is 0.255 e. The summed E-state index contributed by atoms with van der Waals surface area (Å²) in [7, 11) is 0. The van der Waals surface area contributed by atoms with Crippen molar-refractivity contribution in [3.8, 4) is 0 Å². The zero-order chi connectivity index (χ0) is 18.5. The van der Waals surface area contributed by atoms with Crippen LogP contribution >= 0.6 is 0 Å². The van der Waals surface area contributed by atoms with E-state index in [0.717, 1.165) is 37.1 Å². The van der Waals surface area contributed by atoms with Crippen molar-refractivity contribution in [2.75, 3.05) is 11.9 Å². The summed E-state index contributed by atoms with van der Waals surface area (Å²) in [6.45, 7) is 3.61. The Morgan fingerprint density at radius 3 is 2.62 bits per heavy atom. The van der Waals surface area contributed by atoms with Crippen LogP contribution in [0.4, 0.5) is 5.69 Å². The van der Waals surface area contributed by atoms with Gasteiger partial charge in [-0.15, -0.1) is 0 Å². The van der Waals surface area contributed by atoms with Gasteiger partial charge in [0, 0.05) is 17.8 Å². The van der Waals surface area contributed by atoms with Crippen molar-refractivity contribution in [3.05, 3.63) is 65.2 Å². The van der Waals surface area contributed by atoms with Gasteiger partial charge in [0.15, 0.2) is 0 Å². The number of nitrogens with two attached hydrogens (primary N) is 1. The molecule has 1 fully saturated rings. The van der Waals surface area contributed by atoms with Gasteiger partial charge in [0.25, 0.3) is 5.91 Å². The van der Waals surface area contributed by atoms with E-state index < -0.39 is 0 Å². The average Bonchev–Trinajstić information content (AvgIpc) is 3.10. The lowest BCUT2D eigenvalue weighted by Gasteiger charge is -2.22. The molecule has 0 bridgehead atoms. The number of carbonyl (C=O) groups excluding carboxylic acids is 2. The third-order valence-corrected chi connectivity index (χ3v) is 4.89. The number of nitrogens with one attached hydrogen (secondary N) is 1. The normalized spacial score (nSPS) is 17.2. The zero-order valence-electron chi connectivity index (χ0n) is 15.1. The molecule has 5 heteroatoms. The topological polar surface area (TPSA) is 75.4 Å². The molecule has 136 valence electrons. The van der Waals surface area contributed by atoms with Crippen molar-refractivity contribution in [2.24, 2.45) is 5.73 Å². The van der Waals surface area contributed by atoms with E-state index in [0.29, 0.717) is 12.1 Å². The maximum absolute atomic E-state index is 12.4. The van der Waals surface area contributed by atoms with Gasteiger partial charge < -0.3 is 11.1 Å². The Morgan fingerprint density at radius 2 is 1.92 bits per heavy atom. The molecule has 5 nitrogen and oxygen atoms in total. The molecule has 0 aromatic heterocycles. The van der Waals surface area contributed by atoms with Gasteiger partial charge in [-0.05, 0) is 61.2 Å². The molecule has 26 heavy (non-hydrogen) atoms. The molecular formula is C21H25N3O2. The van der Waals surface area contributed by atoms with E-state index in [9.17, 15) is 9.59 Å². The smallest absolute Gasteiger partial charge is 0.255 e. The van der Waals surface area contributed by atoms with Gasteiger partial charge in [-0.2, -0.15) is 0 Å².